The number of alkyl halides is 2. The SMILES string of the molecule is Cc1nsc(N2C[C@H]3CC[C@@H](C2)C3Nc2nc3c(OCC4CCC(F)(F)CC4)cccn3n2)n1. The van der Waals surface area contributed by atoms with Gasteiger partial charge in [0.2, 0.25) is 17.0 Å². The fraction of sp³-hybridized carbons (Fsp3) is 0.652. The number of aryl methyl sites for hydroxylation is 1. The van der Waals surface area contributed by atoms with E-state index < -0.39 is 5.92 Å². The molecule has 1 aliphatic heterocycles. The van der Waals surface area contributed by atoms with Crippen molar-refractivity contribution >= 4 is 28.3 Å². The van der Waals surface area contributed by atoms with E-state index in [1.807, 2.05) is 25.3 Å². The first-order chi connectivity index (χ1) is 16.4. The summed E-state index contributed by atoms with van der Waals surface area (Å²) in [4.78, 5) is 11.7. The number of pyridine rings is 1. The van der Waals surface area contributed by atoms with Crippen LogP contribution in [0, 0.1) is 24.7 Å². The number of nitrogens with one attached hydrogen (secondary N) is 1. The lowest BCUT2D eigenvalue weighted by Gasteiger charge is -2.37. The molecule has 3 fully saturated rings. The number of piperidine rings is 1. The third-order valence-corrected chi connectivity index (χ3v) is 8.42. The maximum atomic E-state index is 13.4. The fourth-order valence-corrected chi connectivity index (χ4v) is 6.40. The van der Waals surface area contributed by atoms with Crippen molar-refractivity contribution in [2.45, 2.75) is 57.4 Å². The van der Waals surface area contributed by atoms with E-state index in [4.69, 9.17) is 9.72 Å². The Kier molecular flexibility index (Phi) is 5.54. The molecule has 2 bridgehead atoms. The van der Waals surface area contributed by atoms with Crippen molar-refractivity contribution in [3.05, 3.63) is 24.2 Å². The van der Waals surface area contributed by atoms with Crippen molar-refractivity contribution in [2.24, 2.45) is 17.8 Å². The van der Waals surface area contributed by atoms with Gasteiger partial charge in [0.25, 0.3) is 0 Å². The molecule has 3 aliphatic rings. The second kappa shape index (κ2) is 8.58. The second-order valence-corrected chi connectivity index (χ2v) is 10.7. The average Bonchev–Trinajstić information content (AvgIpc) is 3.49. The number of hydrogen-bond donors (Lipinski definition) is 1. The van der Waals surface area contributed by atoms with Gasteiger partial charge >= 0.3 is 0 Å². The Labute approximate surface area is 200 Å². The summed E-state index contributed by atoms with van der Waals surface area (Å²) in [6.45, 7) is 4.29. The van der Waals surface area contributed by atoms with Gasteiger partial charge < -0.3 is 15.0 Å². The van der Waals surface area contributed by atoms with E-state index in [1.54, 1.807) is 4.52 Å². The van der Waals surface area contributed by atoms with Crippen LogP contribution in [0.15, 0.2) is 18.3 Å². The molecule has 11 heteroatoms. The molecule has 1 saturated heterocycles. The Bertz CT molecular complexity index is 1140. The summed E-state index contributed by atoms with van der Waals surface area (Å²) in [5, 5.41) is 9.27. The summed E-state index contributed by atoms with van der Waals surface area (Å²) in [6, 6.07) is 4.08. The third-order valence-electron chi connectivity index (χ3n) is 7.55. The van der Waals surface area contributed by atoms with Gasteiger partial charge in [-0.05, 0) is 62.5 Å². The molecule has 3 aromatic rings. The molecule has 1 unspecified atom stereocenters. The largest absolute Gasteiger partial charge is 0.489 e. The Morgan fingerprint density at radius 1 is 1.15 bits per heavy atom. The van der Waals surface area contributed by atoms with Gasteiger partial charge in [-0.25, -0.2) is 18.3 Å². The number of nitrogens with zero attached hydrogens (tertiary/aromatic N) is 6. The Hall–Kier alpha value is -2.56. The highest BCUT2D eigenvalue weighted by Crippen LogP contribution is 2.40. The lowest BCUT2D eigenvalue weighted by molar-refractivity contribution is -0.0498. The van der Waals surface area contributed by atoms with Crippen LogP contribution in [-0.2, 0) is 0 Å². The zero-order valence-corrected chi connectivity index (χ0v) is 20.0. The summed E-state index contributed by atoms with van der Waals surface area (Å²) in [7, 11) is 0. The second-order valence-electron chi connectivity index (χ2n) is 9.98. The predicted octanol–water partition coefficient (Wildman–Crippen LogP) is 4.42. The molecule has 0 spiro atoms. The van der Waals surface area contributed by atoms with Crippen molar-refractivity contribution in [3.8, 4) is 5.75 Å². The topological polar surface area (TPSA) is 80.5 Å². The van der Waals surface area contributed by atoms with Gasteiger partial charge in [-0.15, -0.1) is 5.10 Å². The third kappa shape index (κ3) is 4.30. The number of anilines is 2. The van der Waals surface area contributed by atoms with E-state index in [9.17, 15) is 8.78 Å². The highest BCUT2D eigenvalue weighted by atomic mass is 32.1. The fourth-order valence-electron chi connectivity index (χ4n) is 5.71. The quantitative estimate of drug-likeness (QED) is 0.549. The molecule has 0 amide bonds. The van der Waals surface area contributed by atoms with E-state index in [2.05, 4.69) is 24.7 Å². The Morgan fingerprint density at radius 2 is 1.91 bits per heavy atom. The zero-order valence-electron chi connectivity index (χ0n) is 19.2. The van der Waals surface area contributed by atoms with Crippen molar-refractivity contribution in [1.82, 2.24) is 24.0 Å². The number of halogens is 2. The Morgan fingerprint density at radius 3 is 2.62 bits per heavy atom. The van der Waals surface area contributed by atoms with Crippen molar-refractivity contribution in [2.75, 3.05) is 29.9 Å². The van der Waals surface area contributed by atoms with Crippen LogP contribution in [0.3, 0.4) is 0 Å². The van der Waals surface area contributed by atoms with Crippen molar-refractivity contribution < 1.29 is 13.5 Å². The maximum Gasteiger partial charge on any atom is 0.248 e. The highest BCUT2D eigenvalue weighted by molar-refractivity contribution is 7.09. The lowest BCUT2D eigenvalue weighted by atomic mass is 9.87. The first kappa shape index (κ1) is 21.9. The van der Waals surface area contributed by atoms with Crippen LogP contribution in [0.5, 0.6) is 5.75 Å². The predicted molar refractivity (Wildman–Crippen MR) is 126 cm³/mol. The number of rotatable bonds is 6. The van der Waals surface area contributed by atoms with Crippen LogP contribution < -0.4 is 15.0 Å². The normalized spacial score (nSPS) is 26.8. The van der Waals surface area contributed by atoms with Gasteiger partial charge in [0, 0.05) is 49.7 Å². The molecule has 2 saturated carbocycles. The number of ether oxygens (including phenoxy) is 1. The number of fused-ring (bicyclic) bond motifs is 3. The van der Waals surface area contributed by atoms with Crippen LogP contribution in [0.2, 0.25) is 0 Å². The monoisotopic (exact) mass is 489 g/mol. The van der Waals surface area contributed by atoms with Crippen LogP contribution in [-0.4, -0.2) is 55.6 Å². The molecule has 6 rings (SSSR count). The summed E-state index contributed by atoms with van der Waals surface area (Å²) in [5.41, 5.74) is 0.653. The summed E-state index contributed by atoms with van der Waals surface area (Å²) in [6.07, 6.45) is 5.10. The van der Waals surface area contributed by atoms with Crippen LogP contribution in [0.1, 0.15) is 44.3 Å². The minimum Gasteiger partial charge on any atom is -0.489 e. The molecule has 0 radical (unpaired) electrons. The molecule has 3 atom stereocenters. The standard InChI is InChI=1S/C23H29F2N7OS/c1-14-26-22(34-30-14)31-11-16-4-5-17(12-31)19(16)27-21-28-20-18(3-2-10-32(20)29-21)33-13-15-6-8-23(24,25)9-7-15/h2-3,10,15-17,19H,4-9,11-13H2,1H3,(H,27,29)/t16-,17+,19?. The van der Waals surface area contributed by atoms with Crippen molar-refractivity contribution in [1.29, 1.82) is 0 Å². The van der Waals surface area contributed by atoms with E-state index in [1.165, 1.54) is 24.4 Å². The van der Waals surface area contributed by atoms with Crippen LogP contribution in [0.25, 0.3) is 5.65 Å². The van der Waals surface area contributed by atoms with Crippen molar-refractivity contribution in [3.63, 3.8) is 0 Å². The molecule has 8 nitrogen and oxygen atoms in total. The van der Waals surface area contributed by atoms with Gasteiger partial charge in [-0.2, -0.15) is 9.36 Å². The number of aromatic nitrogens is 5. The summed E-state index contributed by atoms with van der Waals surface area (Å²) < 4.78 is 39.0. The summed E-state index contributed by atoms with van der Waals surface area (Å²) >= 11 is 1.48. The van der Waals surface area contributed by atoms with E-state index in [-0.39, 0.29) is 18.8 Å². The van der Waals surface area contributed by atoms with E-state index >= 15 is 0 Å². The lowest BCUT2D eigenvalue weighted by Crippen LogP contribution is -2.48. The molecule has 3 aromatic heterocycles. The highest BCUT2D eigenvalue weighted by Gasteiger charge is 2.43. The van der Waals surface area contributed by atoms with Gasteiger partial charge in [0.1, 0.15) is 5.82 Å². The first-order valence-corrected chi connectivity index (χ1v) is 12.9. The van der Waals surface area contributed by atoms with Gasteiger partial charge in [0.05, 0.1) is 6.61 Å². The van der Waals surface area contributed by atoms with E-state index in [0.717, 1.165) is 24.0 Å². The van der Waals surface area contributed by atoms with Gasteiger partial charge in [0.15, 0.2) is 11.4 Å². The first-order valence-electron chi connectivity index (χ1n) is 12.1. The minimum absolute atomic E-state index is 0.0515. The van der Waals surface area contributed by atoms with Crippen LogP contribution in [0.4, 0.5) is 19.9 Å². The molecule has 0 aromatic carbocycles. The maximum absolute atomic E-state index is 13.4. The molecular weight excluding hydrogens is 460 g/mol. The molecule has 2 aliphatic carbocycles. The zero-order chi connectivity index (χ0) is 23.3. The van der Waals surface area contributed by atoms with Gasteiger partial charge in [-0.1, -0.05) is 0 Å². The molecule has 4 heterocycles. The van der Waals surface area contributed by atoms with Crippen LogP contribution >= 0.6 is 11.5 Å². The molecule has 1 N–H and O–H groups in total. The van der Waals surface area contributed by atoms with E-state index in [0.29, 0.717) is 54.7 Å². The minimum atomic E-state index is -2.52. The average molecular weight is 490 g/mol. The molecule has 182 valence electrons. The van der Waals surface area contributed by atoms with Gasteiger partial charge in [-0.3, -0.25) is 0 Å². The number of hydrogen-bond acceptors (Lipinski definition) is 8. The smallest absolute Gasteiger partial charge is 0.248 e. The molecule has 34 heavy (non-hydrogen) atoms. The summed E-state index contributed by atoms with van der Waals surface area (Å²) in [5.74, 6) is 0.735. The molecular formula is C23H29F2N7OS. The Balaban J connectivity index is 1.12.